The molecule has 0 bridgehead atoms. The number of rotatable bonds is 3. The second kappa shape index (κ2) is 8.61. The van der Waals surface area contributed by atoms with Crippen LogP contribution in [-0.4, -0.2) is 21.6 Å². The first kappa shape index (κ1) is 21.6. The van der Waals surface area contributed by atoms with Gasteiger partial charge in [0.2, 0.25) is 5.91 Å². The first-order valence-corrected chi connectivity index (χ1v) is 11.6. The molecule has 4 aromatic rings. The van der Waals surface area contributed by atoms with E-state index < -0.39 is 0 Å². The quantitative estimate of drug-likeness (QED) is 0.344. The fraction of sp³-hybridized carbons (Fsp3) is 0.115. The Balaban J connectivity index is 1.75. The van der Waals surface area contributed by atoms with Crippen LogP contribution in [0.3, 0.4) is 0 Å². The monoisotopic (exact) mass is 519 g/mol. The summed E-state index contributed by atoms with van der Waals surface area (Å²) in [5.74, 6) is -0.184. The standard InChI is InChI=1S/C26H19BrClN3O2/c1-15(32)31-23(17-8-5-9-18(27)12-17)14-22(30-31)25-24(16-6-3-2-4-7-16)20-13-19(28)10-11-21(20)29-26(25)33/h2-13,23H,14H2,1H3,(H,29,33)/t23-/m1/s1. The molecule has 3 aromatic carbocycles. The van der Waals surface area contributed by atoms with E-state index in [-0.39, 0.29) is 17.5 Å². The summed E-state index contributed by atoms with van der Waals surface area (Å²) in [4.78, 5) is 28.9. The number of amides is 1. The van der Waals surface area contributed by atoms with Gasteiger partial charge in [-0.15, -0.1) is 0 Å². The zero-order valence-electron chi connectivity index (χ0n) is 17.7. The van der Waals surface area contributed by atoms with E-state index in [1.165, 1.54) is 11.9 Å². The molecule has 0 unspecified atom stereocenters. The molecule has 2 heterocycles. The van der Waals surface area contributed by atoms with Crippen LogP contribution < -0.4 is 5.56 Å². The molecular weight excluding hydrogens is 502 g/mol. The molecule has 0 fully saturated rings. The van der Waals surface area contributed by atoms with Gasteiger partial charge in [-0.1, -0.05) is 70.0 Å². The molecule has 1 aliphatic rings. The fourth-order valence-corrected chi connectivity index (χ4v) is 4.96. The first-order valence-electron chi connectivity index (χ1n) is 10.5. The van der Waals surface area contributed by atoms with Crippen LogP contribution in [0.5, 0.6) is 0 Å². The van der Waals surface area contributed by atoms with Crippen LogP contribution in [0, 0.1) is 0 Å². The number of nitrogens with one attached hydrogen (secondary N) is 1. The van der Waals surface area contributed by atoms with Crippen LogP contribution >= 0.6 is 27.5 Å². The van der Waals surface area contributed by atoms with E-state index in [2.05, 4.69) is 26.0 Å². The largest absolute Gasteiger partial charge is 0.321 e. The maximum Gasteiger partial charge on any atom is 0.258 e. The SMILES string of the molecule is CC(=O)N1N=C(c2c(-c3ccccc3)c3cc(Cl)ccc3[nH]c2=O)C[C@@H]1c1cccc(Br)c1. The number of halogens is 2. The van der Waals surface area contributed by atoms with Crippen molar-refractivity contribution in [2.24, 2.45) is 5.10 Å². The Morgan fingerprint density at radius 3 is 2.58 bits per heavy atom. The Bertz CT molecular complexity index is 1480. The first-order chi connectivity index (χ1) is 15.9. The van der Waals surface area contributed by atoms with Gasteiger partial charge in [0.05, 0.1) is 17.3 Å². The topological polar surface area (TPSA) is 65.5 Å². The fourth-order valence-electron chi connectivity index (χ4n) is 4.37. The molecule has 1 aromatic heterocycles. The van der Waals surface area contributed by atoms with E-state index in [9.17, 15) is 9.59 Å². The molecular formula is C26H19BrClN3O2. The Morgan fingerprint density at radius 2 is 1.85 bits per heavy atom. The van der Waals surface area contributed by atoms with Gasteiger partial charge < -0.3 is 4.98 Å². The lowest BCUT2D eigenvalue weighted by molar-refractivity contribution is -0.130. The number of benzene rings is 3. The van der Waals surface area contributed by atoms with Crippen molar-refractivity contribution in [1.29, 1.82) is 0 Å². The van der Waals surface area contributed by atoms with Crippen LogP contribution in [0.15, 0.2) is 87.2 Å². The summed E-state index contributed by atoms with van der Waals surface area (Å²) >= 11 is 9.84. The summed E-state index contributed by atoms with van der Waals surface area (Å²) in [6, 6.07) is 22.6. The predicted molar refractivity (Wildman–Crippen MR) is 136 cm³/mol. The summed E-state index contributed by atoms with van der Waals surface area (Å²) in [5, 5.41) is 7.52. The number of nitrogens with zero attached hydrogens (tertiary/aromatic N) is 2. The van der Waals surface area contributed by atoms with Crippen LogP contribution in [0.4, 0.5) is 0 Å². The molecule has 5 nitrogen and oxygen atoms in total. The van der Waals surface area contributed by atoms with E-state index in [4.69, 9.17) is 11.6 Å². The number of hydrazone groups is 1. The van der Waals surface area contributed by atoms with Gasteiger partial charge in [-0.2, -0.15) is 5.10 Å². The lowest BCUT2D eigenvalue weighted by atomic mass is 9.91. The molecule has 7 heteroatoms. The number of carbonyl (C=O) groups excluding carboxylic acids is 1. The summed E-state index contributed by atoms with van der Waals surface area (Å²) in [6.07, 6.45) is 0.422. The maximum absolute atomic E-state index is 13.4. The third-order valence-corrected chi connectivity index (χ3v) is 6.52. The van der Waals surface area contributed by atoms with Gasteiger partial charge in [0.25, 0.3) is 5.56 Å². The van der Waals surface area contributed by atoms with Gasteiger partial charge >= 0.3 is 0 Å². The number of hydrogen-bond donors (Lipinski definition) is 1. The van der Waals surface area contributed by atoms with Crippen molar-refractivity contribution in [2.45, 2.75) is 19.4 Å². The number of fused-ring (bicyclic) bond motifs is 1. The van der Waals surface area contributed by atoms with Gasteiger partial charge in [0, 0.05) is 39.3 Å². The third-order valence-electron chi connectivity index (χ3n) is 5.79. The summed E-state index contributed by atoms with van der Waals surface area (Å²) in [5.41, 5.74) is 4.05. The summed E-state index contributed by atoms with van der Waals surface area (Å²) in [7, 11) is 0. The van der Waals surface area contributed by atoms with E-state index in [0.717, 1.165) is 26.5 Å². The number of carbonyl (C=O) groups is 1. The Morgan fingerprint density at radius 1 is 1.06 bits per heavy atom. The molecule has 5 rings (SSSR count). The number of hydrogen-bond acceptors (Lipinski definition) is 3. The molecule has 0 saturated carbocycles. The maximum atomic E-state index is 13.4. The van der Waals surface area contributed by atoms with Gasteiger partial charge in [0.1, 0.15) is 0 Å². The summed E-state index contributed by atoms with van der Waals surface area (Å²) < 4.78 is 0.917. The molecule has 1 aliphatic heterocycles. The molecule has 33 heavy (non-hydrogen) atoms. The number of H-pyrrole nitrogens is 1. The Hall–Kier alpha value is -3.22. The lowest BCUT2D eigenvalue weighted by Crippen LogP contribution is -2.24. The zero-order chi connectivity index (χ0) is 23.1. The Labute approximate surface area is 203 Å². The van der Waals surface area contributed by atoms with Crippen LogP contribution in [0.2, 0.25) is 5.02 Å². The number of pyridine rings is 1. The highest BCUT2D eigenvalue weighted by Gasteiger charge is 2.34. The molecule has 164 valence electrons. The van der Waals surface area contributed by atoms with E-state index in [1.54, 1.807) is 12.1 Å². The van der Waals surface area contributed by atoms with Crippen molar-refractivity contribution in [1.82, 2.24) is 9.99 Å². The van der Waals surface area contributed by atoms with Gasteiger partial charge in [-0.3, -0.25) is 9.59 Å². The molecule has 0 saturated heterocycles. The second-order valence-electron chi connectivity index (χ2n) is 7.95. The minimum atomic E-state index is -0.298. The van der Waals surface area contributed by atoms with Crippen molar-refractivity contribution in [3.63, 3.8) is 0 Å². The van der Waals surface area contributed by atoms with Gasteiger partial charge in [-0.05, 0) is 41.5 Å². The van der Waals surface area contributed by atoms with Crippen molar-refractivity contribution >= 4 is 50.1 Å². The summed E-state index contributed by atoms with van der Waals surface area (Å²) in [6.45, 7) is 1.49. The Kier molecular flexibility index (Phi) is 5.64. The molecule has 1 N–H and O–H groups in total. The molecule has 0 radical (unpaired) electrons. The van der Waals surface area contributed by atoms with Crippen molar-refractivity contribution in [3.8, 4) is 11.1 Å². The van der Waals surface area contributed by atoms with Crippen LogP contribution in [0.1, 0.15) is 30.5 Å². The average molecular weight is 521 g/mol. The van der Waals surface area contributed by atoms with Crippen LogP contribution in [-0.2, 0) is 4.79 Å². The highest BCUT2D eigenvalue weighted by molar-refractivity contribution is 9.10. The third kappa shape index (κ3) is 4.01. The minimum Gasteiger partial charge on any atom is -0.321 e. The number of aromatic nitrogens is 1. The number of aromatic amines is 1. The second-order valence-corrected chi connectivity index (χ2v) is 9.30. The van der Waals surface area contributed by atoms with E-state index in [0.29, 0.717) is 28.2 Å². The van der Waals surface area contributed by atoms with Crippen molar-refractivity contribution in [2.75, 3.05) is 0 Å². The predicted octanol–water partition coefficient (Wildman–Crippen LogP) is 6.31. The van der Waals surface area contributed by atoms with Gasteiger partial charge in [0.15, 0.2) is 0 Å². The molecule has 0 aliphatic carbocycles. The van der Waals surface area contributed by atoms with Crippen LogP contribution in [0.25, 0.3) is 22.0 Å². The van der Waals surface area contributed by atoms with E-state index >= 15 is 0 Å². The highest BCUT2D eigenvalue weighted by Crippen LogP contribution is 2.37. The molecule has 1 atom stereocenters. The smallest absolute Gasteiger partial charge is 0.258 e. The molecule has 1 amide bonds. The van der Waals surface area contributed by atoms with E-state index in [1.807, 2.05) is 60.7 Å². The lowest BCUT2D eigenvalue weighted by Gasteiger charge is -2.20. The van der Waals surface area contributed by atoms with Gasteiger partial charge in [-0.25, -0.2) is 5.01 Å². The normalized spacial score (nSPS) is 15.7. The van der Waals surface area contributed by atoms with Crippen molar-refractivity contribution in [3.05, 3.63) is 104 Å². The zero-order valence-corrected chi connectivity index (χ0v) is 20.0. The molecule has 0 spiro atoms. The average Bonchev–Trinajstić information content (AvgIpc) is 3.24. The highest BCUT2D eigenvalue weighted by atomic mass is 79.9. The van der Waals surface area contributed by atoms with Crippen molar-refractivity contribution < 1.29 is 4.79 Å². The minimum absolute atomic E-state index is 0.184.